The maximum atomic E-state index is 4.51. The molecular formula is C16H22N4. The van der Waals surface area contributed by atoms with Gasteiger partial charge in [-0.05, 0) is 39.6 Å². The van der Waals surface area contributed by atoms with Crippen molar-refractivity contribution in [1.29, 1.82) is 0 Å². The van der Waals surface area contributed by atoms with E-state index in [1.807, 2.05) is 6.07 Å². The van der Waals surface area contributed by atoms with Gasteiger partial charge >= 0.3 is 0 Å². The molecule has 2 rings (SSSR count). The second kappa shape index (κ2) is 6.48. The number of nitrogens with one attached hydrogen (secondary N) is 1. The first-order chi connectivity index (χ1) is 9.61. The summed E-state index contributed by atoms with van der Waals surface area (Å²) in [7, 11) is 4.17. The molecule has 0 bridgehead atoms. The fraction of sp³-hybridized carbons (Fsp3) is 0.375. The number of benzene rings is 1. The van der Waals surface area contributed by atoms with Crippen LogP contribution in [0.2, 0.25) is 0 Å². The minimum absolute atomic E-state index is 0.401. The van der Waals surface area contributed by atoms with Gasteiger partial charge in [0.1, 0.15) is 5.82 Å². The van der Waals surface area contributed by atoms with Crippen LogP contribution in [0.3, 0.4) is 0 Å². The van der Waals surface area contributed by atoms with Crippen LogP contribution in [0.25, 0.3) is 11.4 Å². The van der Waals surface area contributed by atoms with Crippen molar-refractivity contribution in [2.45, 2.75) is 19.9 Å². The van der Waals surface area contributed by atoms with Gasteiger partial charge in [0.15, 0.2) is 5.82 Å². The Morgan fingerprint density at radius 3 is 2.45 bits per heavy atom. The molecule has 4 heteroatoms. The molecule has 20 heavy (non-hydrogen) atoms. The fourth-order valence-electron chi connectivity index (χ4n) is 1.99. The van der Waals surface area contributed by atoms with E-state index in [4.69, 9.17) is 0 Å². The van der Waals surface area contributed by atoms with E-state index in [1.165, 1.54) is 5.56 Å². The SMILES string of the molecule is CCNc1ccnc(-c2ccc(C(C)N(C)C)cc2)n1. The first-order valence-corrected chi connectivity index (χ1v) is 6.95. The van der Waals surface area contributed by atoms with Gasteiger partial charge in [0, 0.05) is 24.3 Å². The summed E-state index contributed by atoms with van der Waals surface area (Å²) < 4.78 is 0. The van der Waals surface area contributed by atoms with Gasteiger partial charge in [0.05, 0.1) is 0 Å². The summed E-state index contributed by atoms with van der Waals surface area (Å²) in [5.41, 5.74) is 2.33. The predicted octanol–water partition coefficient (Wildman–Crippen LogP) is 3.20. The normalized spacial score (nSPS) is 12.4. The largest absolute Gasteiger partial charge is 0.370 e. The van der Waals surface area contributed by atoms with Crippen molar-refractivity contribution in [2.75, 3.05) is 26.0 Å². The molecule has 4 nitrogen and oxygen atoms in total. The van der Waals surface area contributed by atoms with E-state index in [-0.39, 0.29) is 0 Å². The minimum atomic E-state index is 0.401. The Balaban J connectivity index is 2.23. The molecule has 1 atom stereocenters. The summed E-state index contributed by atoms with van der Waals surface area (Å²) in [5.74, 6) is 1.62. The first-order valence-electron chi connectivity index (χ1n) is 6.95. The lowest BCUT2D eigenvalue weighted by Gasteiger charge is -2.20. The van der Waals surface area contributed by atoms with Gasteiger partial charge in [-0.1, -0.05) is 24.3 Å². The van der Waals surface area contributed by atoms with Crippen LogP contribution in [0.15, 0.2) is 36.5 Å². The average molecular weight is 270 g/mol. The van der Waals surface area contributed by atoms with Crippen molar-refractivity contribution in [3.8, 4) is 11.4 Å². The lowest BCUT2D eigenvalue weighted by Crippen LogP contribution is -2.16. The van der Waals surface area contributed by atoms with Crippen molar-refractivity contribution < 1.29 is 0 Å². The third kappa shape index (κ3) is 3.33. The second-order valence-corrected chi connectivity index (χ2v) is 5.06. The lowest BCUT2D eigenvalue weighted by molar-refractivity contribution is 0.321. The van der Waals surface area contributed by atoms with Crippen LogP contribution in [0.4, 0.5) is 5.82 Å². The van der Waals surface area contributed by atoms with Gasteiger partial charge in [-0.2, -0.15) is 0 Å². The van der Waals surface area contributed by atoms with E-state index in [9.17, 15) is 0 Å². The average Bonchev–Trinajstić information content (AvgIpc) is 2.47. The van der Waals surface area contributed by atoms with Crippen molar-refractivity contribution in [3.63, 3.8) is 0 Å². The molecule has 106 valence electrons. The highest BCUT2D eigenvalue weighted by molar-refractivity contribution is 5.57. The Hall–Kier alpha value is -1.94. The molecule has 1 N–H and O–H groups in total. The zero-order chi connectivity index (χ0) is 14.5. The van der Waals surface area contributed by atoms with E-state index >= 15 is 0 Å². The fourth-order valence-corrected chi connectivity index (χ4v) is 1.99. The molecule has 0 amide bonds. The van der Waals surface area contributed by atoms with Gasteiger partial charge in [-0.3, -0.25) is 0 Å². The van der Waals surface area contributed by atoms with Gasteiger partial charge < -0.3 is 10.2 Å². The molecule has 0 spiro atoms. The number of anilines is 1. The Labute approximate surface area is 120 Å². The quantitative estimate of drug-likeness (QED) is 0.906. The van der Waals surface area contributed by atoms with Crippen LogP contribution in [0.1, 0.15) is 25.5 Å². The van der Waals surface area contributed by atoms with E-state index in [1.54, 1.807) is 6.20 Å². The van der Waals surface area contributed by atoms with Crippen LogP contribution >= 0.6 is 0 Å². The maximum Gasteiger partial charge on any atom is 0.161 e. The topological polar surface area (TPSA) is 41.1 Å². The number of hydrogen-bond donors (Lipinski definition) is 1. The molecule has 0 fully saturated rings. The van der Waals surface area contributed by atoms with Gasteiger partial charge in [0.2, 0.25) is 0 Å². The molecule has 0 aliphatic rings. The summed E-state index contributed by atoms with van der Waals surface area (Å²) in [6, 6.07) is 10.7. The minimum Gasteiger partial charge on any atom is -0.370 e. The number of nitrogens with zero attached hydrogens (tertiary/aromatic N) is 3. The van der Waals surface area contributed by atoms with Crippen LogP contribution in [-0.2, 0) is 0 Å². The molecule has 1 heterocycles. The van der Waals surface area contributed by atoms with Gasteiger partial charge in [-0.15, -0.1) is 0 Å². The molecule has 1 unspecified atom stereocenters. The van der Waals surface area contributed by atoms with E-state index in [0.717, 1.165) is 23.8 Å². The molecule has 0 radical (unpaired) electrons. The Morgan fingerprint density at radius 1 is 1.15 bits per heavy atom. The zero-order valence-electron chi connectivity index (χ0n) is 12.6. The van der Waals surface area contributed by atoms with Crippen molar-refractivity contribution >= 4 is 5.82 Å². The number of aromatic nitrogens is 2. The van der Waals surface area contributed by atoms with E-state index < -0.39 is 0 Å². The maximum absolute atomic E-state index is 4.51. The molecule has 2 aromatic rings. The molecule has 0 aliphatic heterocycles. The summed E-state index contributed by atoms with van der Waals surface area (Å²) in [5, 5.41) is 3.20. The first kappa shape index (κ1) is 14.5. The van der Waals surface area contributed by atoms with Crippen LogP contribution in [0.5, 0.6) is 0 Å². The second-order valence-electron chi connectivity index (χ2n) is 5.06. The van der Waals surface area contributed by atoms with Gasteiger partial charge in [-0.25, -0.2) is 9.97 Å². The zero-order valence-corrected chi connectivity index (χ0v) is 12.6. The van der Waals surface area contributed by atoms with Crippen LogP contribution < -0.4 is 5.32 Å². The smallest absolute Gasteiger partial charge is 0.161 e. The third-order valence-corrected chi connectivity index (χ3v) is 3.44. The highest BCUT2D eigenvalue weighted by Gasteiger charge is 2.08. The monoisotopic (exact) mass is 270 g/mol. The van der Waals surface area contributed by atoms with E-state index in [2.05, 4.69) is 72.4 Å². The lowest BCUT2D eigenvalue weighted by atomic mass is 10.1. The van der Waals surface area contributed by atoms with Crippen molar-refractivity contribution in [3.05, 3.63) is 42.1 Å². The van der Waals surface area contributed by atoms with Crippen LogP contribution in [-0.4, -0.2) is 35.5 Å². The Kier molecular flexibility index (Phi) is 4.69. The van der Waals surface area contributed by atoms with Crippen LogP contribution in [0, 0.1) is 0 Å². The molecule has 1 aromatic heterocycles. The molecule has 0 saturated carbocycles. The van der Waals surface area contributed by atoms with Crippen molar-refractivity contribution in [2.24, 2.45) is 0 Å². The predicted molar refractivity (Wildman–Crippen MR) is 83.7 cm³/mol. The van der Waals surface area contributed by atoms with Crippen molar-refractivity contribution in [1.82, 2.24) is 14.9 Å². The molecular weight excluding hydrogens is 248 g/mol. The Morgan fingerprint density at radius 2 is 1.85 bits per heavy atom. The molecule has 1 aromatic carbocycles. The third-order valence-electron chi connectivity index (χ3n) is 3.44. The summed E-state index contributed by atoms with van der Waals surface area (Å²) >= 11 is 0. The highest BCUT2D eigenvalue weighted by atomic mass is 15.1. The summed E-state index contributed by atoms with van der Waals surface area (Å²) in [4.78, 5) is 11.0. The standard InChI is InChI=1S/C16H22N4/c1-5-17-15-10-11-18-16(19-15)14-8-6-13(7-9-14)12(2)20(3)4/h6-12H,5H2,1-4H3,(H,17,18,19). The Bertz CT molecular complexity index is 549. The number of rotatable bonds is 5. The highest BCUT2D eigenvalue weighted by Crippen LogP contribution is 2.22. The van der Waals surface area contributed by atoms with E-state index in [0.29, 0.717) is 6.04 Å². The summed E-state index contributed by atoms with van der Waals surface area (Å²) in [6.07, 6.45) is 1.79. The number of hydrogen-bond acceptors (Lipinski definition) is 4. The summed E-state index contributed by atoms with van der Waals surface area (Å²) in [6.45, 7) is 5.10. The molecule has 0 saturated heterocycles. The molecule has 0 aliphatic carbocycles. The van der Waals surface area contributed by atoms with Gasteiger partial charge in [0.25, 0.3) is 0 Å².